The van der Waals surface area contributed by atoms with Crippen LogP contribution >= 0.6 is 0 Å². The first-order chi connectivity index (χ1) is 12.2. The molecule has 0 amide bonds. The molecule has 0 aliphatic carbocycles. The molecule has 0 unspecified atom stereocenters. The van der Waals surface area contributed by atoms with Gasteiger partial charge < -0.3 is 4.90 Å². The zero-order chi connectivity index (χ0) is 17.2. The molecule has 0 atom stereocenters. The molecule has 1 N–H and O–H groups in total. The summed E-state index contributed by atoms with van der Waals surface area (Å²) in [6.45, 7) is 3.29. The van der Waals surface area contributed by atoms with Crippen LogP contribution in [0.5, 0.6) is 0 Å². The van der Waals surface area contributed by atoms with E-state index in [1.54, 1.807) is 6.20 Å². The van der Waals surface area contributed by atoms with Crippen molar-refractivity contribution >= 4 is 16.7 Å². The summed E-state index contributed by atoms with van der Waals surface area (Å²) in [5, 5.41) is 8.76. The molecule has 3 heterocycles. The summed E-state index contributed by atoms with van der Waals surface area (Å²) >= 11 is 0. The van der Waals surface area contributed by atoms with Crippen LogP contribution in [0.1, 0.15) is 30.0 Å². The Morgan fingerprint density at radius 3 is 2.60 bits per heavy atom. The maximum absolute atomic E-state index is 4.35. The molecule has 3 aromatic rings. The minimum absolute atomic E-state index is 0.557. The number of benzene rings is 1. The number of hydrogen-bond acceptors (Lipinski definition) is 4. The van der Waals surface area contributed by atoms with E-state index in [1.807, 2.05) is 6.07 Å². The Bertz CT molecular complexity index is 829. The number of rotatable bonds is 4. The monoisotopic (exact) mass is 335 g/mol. The van der Waals surface area contributed by atoms with E-state index in [-0.39, 0.29) is 0 Å². The number of pyridine rings is 1. The van der Waals surface area contributed by atoms with Crippen LogP contribution in [0.2, 0.25) is 0 Å². The van der Waals surface area contributed by atoms with Crippen molar-refractivity contribution in [3.8, 4) is 0 Å². The smallest absolute Gasteiger partial charge is 0.181 e. The first-order valence-corrected chi connectivity index (χ1v) is 8.98. The van der Waals surface area contributed by atoms with Gasteiger partial charge in [-0.15, -0.1) is 0 Å². The van der Waals surface area contributed by atoms with E-state index < -0.39 is 0 Å². The lowest BCUT2D eigenvalue weighted by Crippen LogP contribution is -2.32. The molecule has 5 nitrogen and oxygen atoms in total. The third-order valence-electron chi connectivity index (χ3n) is 5.21. The van der Waals surface area contributed by atoms with Gasteiger partial charge in [0.05, 0.1) is 0 Å². The van der Waals surface area contributed by atoms with E-state index in [4.69, 9.17) is 0 Å². The quantitative estimate of drug-likeness (QED) is 0.794. The predicted octanol–water partition coefficient (Wildman–Crippen LogP) is 3.40. The molecule has 2 aromatic heterocycles. The van der Waals surface area contributed by atoms with Crippen LogP contribution in [0.25, 0.3) is 11.0 Å². The van der Waals surface area contributed by atoms with Crippen LogP contribution in [-0.2, 0) is 6.54 Å². The lowest BCUT2D eigenvalue weighted by molar-refractivity contribution is 0.203. The number of anilines is 1. The highest BCUT2D eigenvalue weighted by Crippen LogP contribution is 2.31. The lowest BCUT2D eigenvalue weighted by Gasteiger charge is -2.31. The summed E-state index contributed by atoms with van der Waals surface area (Å²) < 4.78 is 0. The molecule has 1 aliphatic heterocycles. The fourth-order valence-corrected chi connectivity index (χ4v) is 3.72. The average Bonchev–Trinajstić information content (AvgIpc) is 3.07. The second-order valence-corrected chi connectivity index (χ2v) is 7.12. The van der Waals surface area contributed by atoms with Crippen molar-refractivity contribution < 1.29 is 0 Å². The van der Waals surface area contributed by atoms with Gasteiger partial charge in [0, 0.05) is 49.5 Å². The molecule has 25 heavy (non-hydrogen) atoms. The van der Waals surface area contributed by atoms with E-state index in [2.05, 4.69) is 69.4 Å². The van der Waals surface area contributed by atoms with Crippen molar-refractivity contribution in [1.82, 2.24) is 20.1 Å². The third-order valence-corrected chi connectivity index (χ3v) is 5.21. The summed E-state index contributed by atoms with van der Waals surface area (Å²) in [5.41, 5.74) is 4.74. The van der Waals surface area contributed by atoms with Crippen molar-refractivity contribution in [3.63, 3.8) is 0 Å². The second kappa shape index (κ2) is 6.84. The summed E-state index contributed by atoms with van der Waals surface area (Å²) in [7, 11) is 4.16. The number of nitrogens with one attached hydrogen (secondary N) is 1. The SMILES string of the molecule is CN(C)c1ccc(CN2CCC(c3[nH]nc4ncccc34)CC2)cc1. The van der Waals surface area contributed by atoms with Gasteiger partial charge >= 0.3 is 0 Å². The van der Waals surface area contributed by atoms with Crippen LogP contribution in [0.4, 0.5) is 5.69 Å². The van der Waals surface area contributed by atoms with Crippen LogP contribution in [-0.4, -0.2) is 47.3 Å². The van der Waals surface area contributed by atoms with Crippen molar-refractivity contribution in [3.05, 3.63) is 53.9 Å². The minimum atomic E-state index is 0.557. The van der Waals surface area contributed by atoms with Crippen LogP contribution in [0.3, 0.4) is 0 Å². The van der Waals surface area contributed by atoms with Crippen molar-refractivity contribution in [1.29, 1.82) is 0 Å². The van der Waals surface area contributed by atoms with Gasteiger partial charge in [0.1, 0.15) is 0 Å². The Labute approximate surface area is 148 Å². The summed E-state index contributed by atoms with van der Waals surface area (Å²) in [6.07, 6.45) is 4.14. The van der Waals surface area contributed by atoms with Gasteiger partial charge in [-0.2, -0.15) is 5.10 Å². The normalized spacial score (nSPS) is 16.4. The third kappa shape index (κ3) is 3.37. The second-order valence-electron chi connectivity index (χ2n) is 7.12. The molecular weight excluding hydrogens is 310 g/mol. The highest BCUT2D eigenvalue weighted by molar-refractivity contribution is 5.77. The van der Waals surface area contributed by atoms with E-state index in [0.717, 1.165) is 25.3 Å². The number of aromatic nitrogens is 3. The highest BCUT2D eigenvalue weighted by Gasteiger charge is 2.23. The first-order valence-electron chi connectivity index (χ1n) is 8.98. The Balaban J connectivity index is 1.38. The molecule has 1 saturated heterocycles. The zero-order valence-corrected chi connectivity index (χ0v) is 14.9. The number of fused-ring (bicyclic) bond motifs is 1. The molecule has 4 rings (SSSR count). The van der Waals surface area contributed by atoms with Crippen molar-refractivity contribution in [2.45, 2.75) is 25.3 Å². The van der Waals surface area contributed by atoms with E-state index in [9.17, 15) is 0 Å². The maximum Gasteiger partial charge on any atom is 0.181 e. The van der Waals surface area contributed by atoms with Crippen LogP contribution in [0, 0.1) is 0 Å². The van der Waals surface area contributed by atoms with Gasteiger partial charge in [0.15, 0.2) is 5.65 Å². The van der Waals surface area contributed by atoms with E-state index in [1.165, 1.54) is 35.2 Å². The molecular formula is C20H25N5. The molecule has 130 valence electrons. The predicted molar refractivity (Wildman–Crippen MR) is 102 cm³/mol. The Morgan fingerprint density at radius 1 is 1.12 bits per heavy atom. The minimum Gasteiger partial charge on any atom is -0.378 e. The van der Waals surface area contributed by atoms with Crippen molar-refractivity contribution in [2.75, 3.05) is 32.1 Å². The van der Waals surface area contributed by atoms with E-state index >= 15 is 0 Å². The molecule has 0 saturated carbocycles. The van der Waals surface area contributed by atoms with Gasteiger partial charge in [0.25, 0.3) is 0 Å². The first kappa shape index (κ1) is 16.1. The van der Waals surface area contributed by atoms with Crippen LogP contribution in [0.15, 0.2) is 42.6 Å². The number of H-pyrrole nitrogens is 1. The van der Waals surface area contributed by atoms with Gasteiger partial charge in [-0.3, -0.25) is 10.00 Å². The van der Waals surface area contributed by atoms with Crippen LogP contribution < -0.4 is 4.90 Å². The van der Waals surface area contributed by atoms with E-state index in [0.29, 0.717) is 5.92 Å². The summed E-state index contributed by atoms with van der Waals surface area (Å²) in [6, 6.07) is 13.0. The average molecular weight is 335 g/mol. The summed E-state index contributed by atoms with van der Waals surface area (Å²) in [4.78, 5) is 9.02. The van der Waals surface area contributed by atoms with Gasteiger partial charge in [-0.1, -0.05) is 12.1 Å². The molecule has 0 spiro atoms. The number of aromatic amines is 1. The van der Waals surface area contributed by atoms with Gasteiger partial charge in [-0.25, -0.2) is 4.98 Å². The Kier molecular flexibility index (Phi) is 4.40. The fraction of sp³-hybridized carbons (Fsp3) is 0.400. The molecule has 0 radical (unpaired) electrons. The molecule has 5 heteroatoms. The Hall–Kier alpha value is -2.40. The standard InChI is InChI=1S/C20H25N5/c1-24(2)17-7-5-15(6-8-17)14-25-12-9-16(10-13-25)19-18-4-3-11-21-20(18)23-22-19/h3-8,11,16H,9-10,12-14H2,1-2H3,(H,21,22,23). The highest BCUT2D eigenvalue weighted by atomic mass is 15.2. The van der Waals surface area contributed by atoms with Crippen molar-refractivity contribution in [2.24, 2.45) is 0 Å². The lowest BCUT2D eigenvalue weighted by atomic mass is 9.92. The zero-order valence-electron chi connectivity index (χ0n) is 14.9. The molecule has 1 aliphatic rings. The van der Waals surface area contributed by atoms with Gasteiger partial charge in [0.2, 0.25) is 0 Å². The number of nitrogens with zero attached hydrogens (tertiary/aromatic N) is 4. The fourth-order valence-electron chi connectivity index (χ4n) is 3.72. The molecule has 1 fully saturated rings. The number of hydrogen-bond donors (Lipinski definition) is 1. The van der Waals surface area contributed by atoms with Gasteiger partial charge in [-0.05, 0) is 55.8 Å². The number of likely N-dealkylation sites (tertiary alicyclic amines) is 1. The Morgan fingerprint density at radius 2 is 1.88 bits per heavy atom. The maximum atomic E-state index is 4.35. The topological polar surface area (TPSA) is 48.0 Å². The molecule has 0 bridgehead atoms. The molecule has 1 aromatic carbocycles. The largest absolute Gasteiger partial charge is 0.378 e. The number of piperidine rings is 1. The summed E-state index contributed by atoms with van der Waals surface area (Å²) in [5.74, 6) is 0.557.